The van der Waals surface area contributed by atoms with Gasteiger partial charge in [0.25, 0.3) is 0 Å². The standard InChI is InChI=1S/C19H23ClN2O2/c1-13(2)16-6-4-5-7-17(16)22-19(23)21-10-11-24-18-9-8-15(20)12-14(18)3/h4-9,12-13H,10-11H2,1-3H3,(H2,21,22,23). The van der Waals surface area contributed by atoms with Crippen LogP contribution in [0.1, 0.15) is 30.9 Å². The first kappa shape index (κ1) is 18.1. The molecular weight excluding hydrogens is 324 g/mol. The average molecular weight is 347 g/mol. The molecule has 0 heterocycles. The number of benzene rings is 2. The van der Waals surface area contributed by atoms with Crippen molar-refractivity contribution in [3.8, 4) is 5.75 Å². The van der Waals surface area contributed by atoms with Crippen LogP contribution in [0.15, 0.2) is 42.5 Å². The molecule has 0 unspecified atom stereocenters. The average Bonchev–Trinajstić information content (AvgIpc) is 2.53. The fraction of sp³-hybridized carbons (Fsp3) is 0.316. The minimum atomic E-state index is -0.237. The van der Waals surface area contributed by atoms with Crippen molar-refractivity contribution >= 4 is 23.3 Å². The number of rotatable bonds is 6. The molecule has 0 aliphatic rings. The highest BCUT2D eigenvalue weighted by Crippen LogP contribution is 2.23. The highest BCUT2D eigenvalue weighted by Gasteiger charge is 2.08. The van der Waals surface area contributed by atoms with E-state index >= 15 is 0 Å². The van der Waals surface area contributed by atoms with Crippen molar-refractivity contribution in [2.75, 3.05) is 18.5 Å². The number of halogens is 1. The molecule has 2 aromatic carbocycles. The zero-order chi connectivity index (χ0) is 17.5. The number of nitrogens with one attached hydrogen (secondary N) is 2. The zero-order valence-electron chi connectivity index (χ0n) is 14.2. The normalized spacial score (nSPS) is 10.5. The minimum absolute atomic E-state index is 0.237. The van der Waals surface area contributed by atoms with Crippen molar-refractivity contribution in [1.29, 1.82) is 0 Å². The molecule has 0 saturated carbocycles. The van der Waals surface area contributed by atoms with E-state index in [0.29, 0.717) is 24.1 Å². The van der Waals surface area contributed by atoms with Gasteiger partial charge in [0.1, 0.15) is 12.4 Å². The van der Waals surface area contributed by atoms with Gasteiger partial charge in [-0.3, -0.25) is 0 Å². The van der Waals surface area contributed by atoms with E-state index in [9.17, 15) is 4.79 Å². The number of urea groups is 1. The van der Waals surface area contributed by atoms with Gasteiger partial charge in [-0.1, -0.05) is 43.6 Å². The Kier molecular flexibility index (Phi) is 6.50. The maximum atomic E-state index is 12.0. The predicted molar refractivity (Wildman–Crippen MR) is 99.2 cm³/mol. The van der Waals surface area contributed by atoms with E-state index in [4.69, 9.17) is 16.3 Å². The molecule has 2 amide bonds. The smallest absolute Gasteiger partial charge is 0.319 e. The van der Waals surface area contributed by atoms with Crippen LogP contribution in [0.25, 0.3) is 0 Å². The van der Waals surface area contributed by atoms with Gasteiger partial charge in [0.2, 0.25) is 0 Å². The van der Waals surface area contributed by atoms with Crippen molar-refractivity contribution in [1.82, 2.24) is 5.32 Å². The number of carbonyl (C=O) groups is 1. The van der Waals surface area contributed by atoms with Gasteiger partial charge in [0, 0.05) is 10.7 Å². The summed E-state index contributed by atoms with van der Waals surface area (Å²) in [5.41, 5.74) is 2.91. The van der Waals surface area contributed by atoms with E-state index in [1.54, 1.807) is 6.07 Å². The maximum absolute atomic E-state index is 12.0. The molecule has 0 fully saturated rings. The van der Waals surface area contributed by atoms with Gasteiger partial charge in [-0.25, -0.2) is 4.79 Å². The summed E-state index contributed by atoms with van der Waals surface area (Å²) >= 11 is 5.91. The zero-order valence-corrected chi connectivity index (χ0v) is 15.0. The van der Waals surface area contributed by atoms with Crippen molar-refractivity contribution in [2.45, 2.75) is 26.7 Å². The van der Waals surface area contributed by atoms with Crippen LogP contribution in [0.5, 0.6) is 5.75 Å². The Balaban J connectivity index is 1.80. The predicted octanol–water partition coefficient (Wildman–Crippen LogP) is 4.97. The quantitative estimate of drug-likeness (QED) is 0.725. The van der Waals surface area contributed by atoms with Gasteiger partial charge in [-0.15, -0.1) is 0 Å². The lowest BCUT2D eigenvalue weighted by molar-refractivity contribution is 0.247. The summed E-state index contributed by atoms with van der Waals surface area (Å²) in [6, 6.07) is 13.0. The molecular formula is C19H23ClN2O2. The number of carbonyl (C=O) groups excluding carboxylic acids is 1. The highest BCUT2D eigenvalue weighted by molar-refractivity contribution is 6.30. The van der Waals surface area contributed by atoms with Gasteiger partial charge < -0.3 is 15.4 Å². The van der Waals surface area contributed by atoms with Crippen LogP contribution in [-0.4, -0.2) is 19.2 Å². The summed E-state index contributed by atoms with van der Waals surface area (Å²) in [5.74, 6) is 1.12. The van der Waals surface area contributed by atoms with Crippen LogP contribution in [0.4, 0.5) is 10.5 Å². The number of anilines is 1. The Morgan fingerprint density at radius 1 is 1.21 bits per heavy atom. The first-order valence-corrected chi connectivity index (χ1v) is 8.38. The van der Waals surface area contributed by atoms with E-state index < -0.39 is 0 Å². The molecule has 0 aromatic heterocycles. The fourth-order valence-electron chi connectivity index (χ4n) is 2.38. The monoisotopic (exact) mass is 346 g/mol. The maximum Gasteiger partial charge on any atom is 0.319 e. The summed E-state index contributed by atoms with van der Waals surface area (Å²) in [7, 11) is 0. The third-order valence-electron chi connectivity index (χ3n) is 3.61. The number of aryl methyl sites for hydroxylation is 1. The second-order valence-electron chi connectivity index (χ2n) is 5.88. The molecule has 5 heteroatoms. The number of ether oxygens (including phenoxy) is 1. The van der Waals surface area contributed by atoms with Crippen LogP contribution < -0.4 is 15.4 Å². The lowest BCUT2D eigenvalue weighted by atomic mass is 10.0. The van der Waals surface area contributed by atoms with E-state index in [0.717, 1.165) is 22.6 Å². The lowest BCUT2D eigenvalue weighted by Gasteiger charge is -2.14. The molecule has 0 aliphatic heterocycles. The van der Waals surface area contributed by atoms with Crippen molar-refractivity contribution in [3.63, 3.8) is 0 Å². The first-order chi connectivity index (χ1) is 11.5. The number of hydrogen-bond acceptors (Lipinski definition) is 2. The van der Waals surface area contributed by atoms with Crippen LogP contribution in [0, 0.1) is 6.92 Å². The van der Waals surface area contributed by atoms with Crippen molar-refractivity contribution in [2.24, 2.45) is 0 Å². The largest absolute Gasteiger partial charge is 0.491 e. The summed E-state index contributed by atoms with van der Waals surface area (Å²) in [6.07, 6.45) is 0. The molecule has 24 heavy (non-hydrogen) atoms. The van der Waals surface area contributed by atoms with Gasteiger partial charge in [0.15, 0.2) is 0 Å². The molecule has 2 N–H and O–H groups in total. The van der Waals surface area contributed by atoms with Crippen molar-refractivity contribution < 1.29 is 9.53 Å². The highest BCUT2D eigenvalue weighted by atomic mass is 35.5. The van der Waals surface area contributed by atoms with Gasteiger partial charge >= 0.3 is 6.03 Å². The van der Waals surface area contributed by atoms with Crippen molar-refractivity contribution in [3.05, 3.63) is 58.6 Å². The molecule has 2 aromatic rings. The number of para-hydroxylation sites is 1. The van der Waals surface area contributed by atoms with Gasteiger partial charge in [0.05, 0.1) is 6.54 Å². The van der Waals surface area contributed by atoms with Gasteiger partial charge in [-0.2, -0.15) is 0 Å². The van der Waals surface area contributed by atoms with E-state index in [-0.39, 0.29) is 6.03 Å². The molecule has 2 rings (SSSR count). The second-order valence-corrected chi connectivity index (χ2v) is 6.32. The first-order valence-electron chi connectivity index (χ1n) is 8.00. The lowest BCUT2D eigenvalue weighted by Crippen LogP contribution is -2.32. The molecule has 0 atom stereocenters. The topological polar surface area (TPSA) is 50.4 Å². The Labute approximate surface area is 148 Å². The molecule has 0 bridgehead atoms. The van der Waals surface area contributed by atoms with E-state index in [1.807, 2.05) is 43.3 Å². The Morgan fingerprint density at radius 3 is 2.67 bits per heavy atom. The van der Waals surface area contributed by atoms with E-state index in [1.165, 1.54) is 0 Å². The molecule has 0 spiro atoms. The van der Waals surface area contributed by atoms with Crippen LogP contribution >= 0.6 is 11.6 Å². The summed E-state index contributed by atoms with van der Waals surface area (Å²) in [4.78, 5) is 12.0. The second kappa shape index (κ2) is 8.60. The Bertz CT molecular complexity index is 702. The minimum Gasteiger partial charge on any atom is -0.491 e. The van der Waals surface area contributed by atoms with Gasteiger partial charge in [-0.05, 0) is 48.2 Å². The molecule has 128 valence electrons. The molecule has 4 nitrogen and oxygen atoms in total. The number of amides is 2. The summed E-state index contributed by atoms with van der Waals surface area (Å²) < 4.78 is 5.65. The van der Waals surface area contributed by atoms with Crippen LogP contribution in [-0.2, 0) is 0 Å². The fourth-order valence-corrected chi connectivity index (χ4v) is 2.61. The molecule has 0 aliphatic carbocycles. The molecule has 0 radical (unpaired) electrons. The third-order valence-corrected chi connectivity index (χ3v) is 3.85. The van der Waals surface area contributed by atoms with E-state index in [2.05, 4.69) is 24.5 Å². The Hall–Kier alpha value is -2.20. The molecule has 0 saturated heterocycles. The number of hydrogen-bond donors (Lipinski definition) is 2. The summed E-state index contributed by atoms with van der Waals surface area (Å²) in [6.45, 7) is 6.94. The van der Waals surface area contributed by atoms with Crippen LogP contribution in [0.3, 0.4) is 0 Å². The summed E-state index contributed by atoms with van der Waals surface area (Å²) in [5, 5.41) is 6.37. The Morgan fingerprint density at radius 2 is 1.96 bits per heavy atom. The van der Waals surface area contributed by atoms with Crippen LogP contribution in [0.2, 0.25) is 5.02 Å². The SMILES string of the molecule is Cc1cc(Cl)ccc1OCCNC(=O)Nc1ccccc1C(C)C. The third kappa shape index (κ3) is 5.17.